The van der Waals surface area contributed by atoms with Crippen LogP contribution in [0.4, 0.5) is 5.00 Å². The van der Waals surface area contributed by atoms with Crippen molar-refractivity contribution in [2.75, 3.05) is 18.0 Å². The summed E-state index contributed by atoms with van der Waals surface area (Å²) in [5, 5.41) is 1.32. The van der Waals surface area contributed by atoms with Crippen LogP contribution >= 0.6 is 11.3 Å². The molecule has 1 aromatic heterocycles. The molecule has 18 heavy (non-hydrogen) atoms. The zero-order valence-corrected chi connectivity index (χ0v) is 12.2. The molecule has 0 aromatic carbocycles. The van der Waals surface area contributed by atoms with E-state index in [4.69, 9.17) is 0 Å². The maximum Gasteiger partial charge on any atom is 0.142 e. The average molecular weight is 265 g/mol. The number of aldehydes is 1. The van der Waals surface area contributed by atoms with Crippen LogP contribution in [0.25, 0.3) is 6.08 Å². The summed E-state index contributed by atoms with van der Waals surface area (Å²) >= 11 is 1.76. The molecule has 0 aliphatic heterocycles. The van der Waals surface area contributed by atoms with E-state index in [1.54, 1.807) is 17.4 Å². The smallest absolute Gasteiger partial charge is 0.142 e. The fourth-order valence-electron chi connectivity index (χ4n) is 1.77. The highest BCUT2D eigenvalue weighted by molar-refractivity contribution is 7.16. The zero-order valence-electron chi connectivity index (χ0n) is 11.4. The van der Waals surface area contributed by atoms with Crippen LogP contribution in [-0.4, -0.2) is 19.4 Å². The van der Waals surface area contributed by atoms with Crippen molar-refractivity contribution in [2.24, 2.45) is 0 Å². The highest BCUT2D eigenvalue weighted by Gasteiger charge is 2.07. The Morgan fingerprint density at radius 3 is 2.39 bits per heavy atom. The molecular weight excluding hydrogens is 242 g/mol. The fourth-order valence-corrected chi connectivity index (χ4v) is 2.74. The molecule has 0 unspecified atom stereocenters. The molecule has 0 bridgehead atoms. The quantitative estimate of drug-likeness (QED) is 0.488. The molecule has 0 radical (unpaired) electrons. The highest BCUT2D eigenvalue weighted by Crippen LogP contribution is 2.27. The average Bonchev–Trinajstić information content (AvgIpc) is 2.85. The number of unbranched alkanes of at least 4 members (excludes halogenated alkanes) is 2. The van der Waals surface area contributed by atoms with Gasteiger partial charge < -0.3 is 4.90 Å². The van der Waals surface area contributed by atoms with E-state index in [0.717, 1.165) is 24.3 Å². The SMILES string of the molecule is CCCCN(CCCC)c1ccc(/C=C/C=O)s1. The van der Waals surface area contributed by atoms with Crippen LogP contribution in [-0.2, 0) is 4.79 Å². The third-order valence-electron chi connectivity index (χ3n) is 2.83. The molecule has 3 heteroatoms. The molecule has 0 atom stereocenters. The number of hydrogen-bond acceptors (Lipinski definition) is 3. The lowest BCUT2D eigenvalue weighted by Crippen LogP contribution is -2.24. The molecule has 2 nitrogen and oxygen atoms in total. The van der Waals surface area contributed by atoms with Gasteiger partial charge in [-0.15, -0.1) is 11.3 Å². The van der Waals surface area contributed by atoms with E-state index in [-0.39, 0.29) is 0 Å². The van der Waals surface area contributed by atoms with E-state index in [1.165, 1.54) is 30.7 Å². The van der Waals surface area contributed by atoms with Crippen LogP contribution in [0.1, 0.15) is 44.4 Å². The van der Waals surface area contributed by atoms with Crippen LogP contribution in [0.3, 0.4) is 0 Å². The van der Waals surface area contributed by atoms with Gasteiger partial charge >= 0.3 is 0 Å². The summed E-state index contributed by atoms with van der Waals surface area (Å²) in [6.45, 7) is 6.72. The van der Waals surface area contributed by atoms with Gasteiger partial charge in [-0.05, 0) is 37.1 Å². The summed E-state index contributed by atoms with van der Waals surface area (Å²) in [6.07, 6.45) is 9.18. The topological polar surface area (TPSA) is 20.3 Å². The first-order valence-corrected chi connectivity index (χ1v) is 7.60. The highest BCUT2D eigenvalue weighted by atomic mass is 32.1. The van der Waals surface area contributed by atoms with Crippen molar-refractivity contribution in [1.82, 2.24) is 0 Å². The third-order valence-corrected chi connectivity index (χ3v) is 3.94. The number of carbonyl (C=O) groups is 1. The van der Waals surface area contributed by atoms with Gasteiger partial charge in [0.25, 0.3) is 0 Å². The summed E-state index contributed by atoms with van der Waals surface area (Å²) in [7, 11) is 0. The number of carbonyl (C=O) groups excluding carboxylic acids is 1. The monoisotopic (exact) mass is 265 g/mol. The number of hydrogen-bond donors (Lipinski definition) is 0. The van der Waals surface area contributed by atoms with Gasteiger partial charge in [-0.3, -0.25) is 4.79 Å². The zero-order chi connectivity index (χ0) is 13.2. The van der Waals surface area contributed by atoms with E-state index in [9.17, 15) is 4.79 Å². The van der Waals surface area contributed by atoms with Crippen LogP contribution in [0.2, 0.25) is 0 Å². The minimum absolute atomic E-state index is 0.825. The van der Waals surface area contributed by atoms with Gasteiger partial charge in [0.15, 0.2) is 0 Å². The fraction of sp³-hybridized carbons (Fsp3) is 0.533. The number of thiophene rings is 1. The Balaban J connectivity index is 2.67. The molecular formula is C15H23NOS. The van der Waals surface area contributed by atoms with Crippen LogP contribution in [0, 0.1) is 0 Å². The van der Waals surface area contributed by atoms with Crippen LogP contribution in [0.15, 0.2) is 18.2 Å². The number of anilines is 1. The summed E-state index contributed by atoms with van der Waals surface area (Å²) in [5.74, 6) is 0. The second-order valence-electron chi connectivity index (χ2n) is 4.37. The summed E-state index contributed by atoms with van der Waals surface area (Å²) in [4.78, 5) is 13.9. The molecule has 100 valence electrons. The first-order valence-electron chi connectivity index (χ1n) is 6.78. The van der Waals surface area contributed by atoms with Gasteiger partial charge in [0.2, 0.25) is 0 Å². The Hall–Kier alpha value is -1.09. The first kappa shape index (κ1) is 15.0. The van der Waals surface area contributed by atoms with E-state index >= 15 is 0 Å². The van der Waals surface area contributed by atoms with Gasteiger partial charge in [0.05, 0.1) is 5.00 Å². The molecule has 0 N–H and O–H groups in total. The molecule has 0 amide bonds. The van der Waals surface area contributed by atoms with E-state index in [1.807, 2.05) is 6.08 Å². The molecule has 1 aromatic rings. The number of rotatable bonds is 9. The number of allylic oxidation sites excluding steroid dienone is 1. The Bertz CT molecular complexity index is 362. The molecule has 0 aliphatic rings. The lowest BCUT2D eigenvalue weighted by Gasteiger charge is -2.22. The van der Waals surface area contributed by atoms with Gasteiger partial charge in [-0.25, -0.2) is 0 Å². The maximum absolute atomic E-state index is 10.3. The second-order valence-corrected chi connectivity index (χ2v) is 5.46. The molecule has 0 saturated carbocycles. The predicted octanol–water partition coefficient (Wildman–Crippen LogP) is 4.37. The minimum Gasteiger partial charge on any atom is -0.363 e. The van der Waals surface area contributed by atoms with Crippen molar-refractivity contribution in [2.45, 2.75) is 39.5 Å². The Morgan fingerprint density at radius 1 is 1.17 bits per heavy atom. The second kappa shape index (κ2) is 8.92. The van der Waals surface area contributed by atoms with Gasteiger partial charge in [-0.2, -0.15) is 0 Å². The predicted molar refractivity (Wildman–Crippen MR) is 81.4 cm³/mol. The van der Waals surface area contributed by atoms with Gasteiger partial charge in [-0.1, -0.05) is 26.7 Å². The number of nitrogens with zero attached hydrogens (tertiary/aromatic N) is 1. The molecule has 1 heterocycles. The van der Waals surface area contributed by atoms with Crippen molar-refractivity contribution < 1.29 is 4.79 Å². The largest absolute Gasteiger partial charge is 0.363 e. The Kier molecular flexibility index (Phi) is 7.42. The molecule has 0 aliphatic carbocycles. The van der Waals surface area contributed by atoms with Crippen LogP contribution in [0.5, 0.6) is 0 Å². The van der Waals surface area contributed by atoms with Gasteiger partial charge in [0.1, 0.15) is 6.29 Å². The molecule has 0 fully saturated rings. The summed E-state index contributed by atoms with van der Waals surface area (Å²) in [6, 6.07) is 4.26. The third kappa shape index (κ3) is 5.05. The maximum atomic E-state index is 10.3. The molecule has 1 rings (SSSR count). The summed E-state index contributed by atoms with van der Waals surface area (Å²) in [5.41, 5.74) is 0. The van der Waals surface area contributed by atoms with E-state index in [0.29, 0.717) is 0 Å². The lowest BCUT2D eigenvalue weighted by atomic mass is 10.2. The van der Waals surface area contributed by atoms with Crippen molar-refractivity contribution in [1.29, 1.82) is 0 Å². The van der Waals surface area contributed by atoms with Crippen molar-refractivity contribution in [3.63, 3.8) is 0 Å². The Morgan fingerprint density at radius 2 is 1.83 bits per heavy atom. The minimum atomic E-state index is 0.825. The first-order chi connectivity index (χ1) is 8.81. The van der Waals surface area contributed by atoms with Gasteiger partial charge in [0, 0.05) is 18.0 Å². The lowest BCUT2D eigenvalue weighted by molar-refractivity contribution is -0.104. The van der Waals surface area contributed by atoms with Crippen molar-refractivity contribution in [3.05, 3.63) is 23.1 Å². The molecule has 0 saturated heterocycles. The van der Waals surface area contributed by atoms with E-state index in [2.05, 4.69) is 30.9 Å². The van der Waals surface area contributed by atoms with Crippen molar-refractivity contribution in [3.8, 4) is 0 Å². The summed E-state index contributed by atoms with van der Waals surface area (Å²) < 4.78 is 0. The van der Waals surface area contributed by atoms with Crippen LogP contribution < -0.4 is 4.90 Å². The van der Waals surface area contributed by atoms with E-state index < -0.39 is 0 Å². The Labute approximate surface area is 114 Å². The molecule has 0 spiro atoms. The van der Waals surface area contributed by atoms with Crippen molar-refractivity contribution >= 4 is 28.7 Å². The normalized spacial score (nSPS) is 11.0. The standard InChI is InChI=1S/C15H23NOS/c1-3-5-11-16(12-6-4-2)15-10-9-14(18-15)8-7-13-17/h7-10,13H,3-6,11-12H2,1-2H3/b8-7+.